The van der Waals surface area contributed by atoms with Crippen LogP contribution in [0, 0.1) is 0 Å². The summed E-state index contributed by atoms with van der Waals surface area (Å²) >= 11 is 0. The molecule has 0 aromatic heterocycles. The molecule has 2 N–H and O–H groups in total. The maximum absolute atomic E-state index is 10.9. The van der Waals surface area contributed by atoms with Gasteiger partial charge in [0.25, 0.3) is 0 Å². The summed E-state index contributed by atoms with van der Waals surface area (Å²) in [6.07, 6.45) is 0.639. The number of benzene rings is 1. The molecule has 1 heterocycles. The van der Waals surface area contributed by atoms with Gasteiger partial charge in [-0.15, -0.1) is 0 Å². The third-order valence-corrected chi connectivity index (χ3v) is 2.18. The van der Waals surface area contributed by atoms with Gasteiger partial charge in [0.05, 0.1) is 5.57 Å². The zero-order chi connectivity index (χ0) is 12.4. The molecule has 0 saturated carbocycles. The van der Waals surface area contributed by atoms with Crippen molar-refractivity contribution in [3.05, 3.63) is 29.8 Å². The van der Waals surface area contributed by atoms with E-state index in [0.717, 1.165) is 0 Å². The topological polar surface area (TPSA) is 93.1 Å². The predicted octanol–water partition coefficient (Wildman–Crippen LogP) is 0.968. The molecule has 1 aromatic carbocycles. The Balaban J connectivity index is 2.44. The highest BCUT2D eigenvalue weighted by Crippen LogP contribution is 2.34. The highest BCUT2D eigenvalue weighted by molar-refractivity contribution is 6.19. The molecular formula is C11H8O6. The first-order chi connectivity index (χ1) is 8.08. The van der Waals surface area contributed by atoms with E-state index in [1.807, 2.05) is 0 Å². The van der Waals surface area contributed by atoms with Crippen molar-refractivity contribution in [2.24, 2.45) is 0 Å². The van der Waals surface area contributed by atoms with Gasteiger partial charge in [-0.3, -0.25) is 0 Å². The Bertz CT molecular complexity index is 517. The summed E-state index contributed by atoms with van der Waals surface area (Å²) in [5.74, 6) is -1.72. The lowest BCUT2D eigenvalue weighted by molar-refractivity contribution is -0.133. The molecule has 6 heteroatoms. The van der Waals surface area contributed by atoms with Crippen LogP contribution in [0.25, 0.3) is 5.57 Å². The number of carboxylic acids is 2. The molecule has 0 bridgehead atoms. The maximum atomic E-state index is 10.9. The Morgan fingerprint density at radius 2 is 1.88 bits per heavy atom. The van der Waals surface area contributed by atoms with E-state index >= 15 is 0 Å². The predicted molar refractivity (Wildman–Crippen MR) is 55.8 cm³/mol. The second kappa shape index (κ2) is 4.17. The average molecular weight is 236 g/mol. The van der Waals surface area contributed by atoms with Gasteiger partial charge >= 0.3 is 11.9 Å². The lowest BCUT2D eigenvalue weighted by atomic mass is 10.1. The number of hydrogen-bond donors (Lipinski definition) is 2. The van der Waals surface area contributed by atoms with Gasteiger partial charge in [0.15, 0.2) is 11.5 Å². The fourth-order valence-electron chi connectivity index (χ4n) is 1.46. The van der Waals surface area contributed by atoms with Crippen LogP contribution in [0.3, 0.4) is 0 Å². The monoisotopic (exact) mass is 236 g/mol. The van der Waals surface area contributed by atoms with Gasteiger partial charge in [-0.05, 0) is 17.7 Å². The van der Waals surface area contributed by atoms with Crippen LogP contribution in [0.15, 0.2) is 24.3 Å². The van der Waals surface area contributed by atoms with E-state index in [4.69, 9.17) is 19.7 Å². The maximum Gasteiger partial charge on any atom is 0.336 e. The largest absolute Gasteiger partial charge is 0.478 e. The SMILES string of the molecule is O=C(O)/C=C(\C(=O)O)c1ccc2c(c1)OCO2. The minimum atomic E-state index is -1.32. The van der Waals surface area contributed by atoms with Gasteiger partial charge in [0, 0.05) is 6.08 Å². The zero-order valence-corrected chi connectivity index (χ0v) is 8.54. The summed E-state index contributed by atoms with van der Waals surface area (Å²) in [4.78, 5) is 21.5. The quantitative estimate of drug-likeness (QED) is 0.759. The molecule has 2 rings (SSSR count). The number of aliphatic carboxylic acids is 2. The molecule has 17 heavy (non-hydrogen) atoms. The number of carboxylic acid groups (broad SMARTS) is 2. The van der Waals surface area contributed by atoms with Gasteiger partial charge in [-0.25, -0.2) is 9.59 Å². The average Bonchev–Trinajstić information content (AvgIpc) is 2.72. The normalized spacial score (nSPS) is 13.5. The molecule has 1 aliphatic heterocycles. The smallest absolute Gasteiger partial charge is 0.336 e. The third kappa shape index (κ3) is 2.20. The van der Waals surface area contributed by atoms with E-state index in [1.54, 1.807) is 0 Å². The first-order valence-corrected chi connectivity index (χ1v) is 4.66. The number of fused-ring (bicyclic) bond motifs is 1. The van der Waals surface area contributed by atoms with Crippen molar-refractivity contribution in [1.82, 2.24) is 0 Å². The Labute approximate surface area is 95.7 Å². The number of hydrogen-bond acceptors (Lipinski definition) is 4. The summed E-state index contributed by atoms with van der Waals surface area (Å²) in [6.45, 7) is 0.0733. The number of rotatable bonds is 3. The van der Waals surface area contributed by atoms with Crippen molar-refractivity contribution in [2.75, 3.05) is 6.79 Å². The summed E-state index contributed by atoms with van der Waals surface area (Å²) in [5.41, 5.74) is -0.0556. The number of ether oxygens (including phenoxy) is 2. The van der Waals surface area contributed by atoms with Crippen molar-refractivity contribution < 1.29 is 29.3 Å². The summed E-state index contributed by atoms with van der Waals surface area (Å²) in [5, 5.41) is 17.5. The van der Waals surface area contributed by atoms with Crippen LogP contribution in [0.2, 0.25) is 0 Å². The molecule has 0 aliphatic carbocycles. The molecule has 0 spiro atoms. The van der Waals surface area contributed by atoms with Crippen LogP contribution in [-0.2, 0) is 9.59 Å². The van der Waals surface area contributed by atoms with Crippen molar-refractivity contribution >= 4 is 17.5 Å². The van der Waals surface area contributed by atoms with Crippen molar-refractivity contribution in [3.63, 3.8) is 0 Å². The van der Waals surface area contributed by atoms with Gasteiger partial charge in [0.2, 0.25) is 6.79 Å². The van der Waals surface area contributed by atoms with E-state index in [2.05, 4.69) is 0 Å². The van der Waals surface area contributed by atoms with Crippen molar-refractivity contribution in [1.29, 1.82) is 0 Å². The van der Waals surface area contributed by atoms with Crippen LogP contribution in [0.4, 0.5) is 0 Å². The fraction of sp³-hybridized carbons (Fsp3) is 0.0909. The molecule has 0 fully saturated rings. The van der Waals surface area contributed by atoms with Gasteiger partial charge < -0.3 is 19.7 Å². The minimum Gasteiger partial charge on any atom is -0.478 e. The molecule has 1 aromatic rings. The second-order valence-corrected chi connectivity index (χ2v) is 3.27. The lowest BCUT2D eigenvalue weighted by Crippen LogP contribution is -2.03. The Morgan fingerprint density at radius 1 is 1.18 bits per heavy atom. The molecule has 0 amide bonds. The standard InChI is InChI=1S/C11H8O6/c12-10(13)4-7(11(14)15)6-1-2-8-9(3-6)17-5-16-8/h1-4H,5H2,(H,12,13)(H,14,15)/b7-4-. The second-order valence-electron chi connectivity index (χ2n) is 3.27. The molecular weight excluding hydrogens is 228 g/mol. The van der Waals surface area contributed by atoms with Gasteiger partial charge in [-0.1, -0.05) is 6.07 Å². The zero-order valence-electron chi connectivity index (χ0n) is 8.54. The summed E-state index contributed by atoms with van der Waals surface area (Å²) < 4.78 is 10.2. The molecule has 0 radical (unpaired) electrons. The Morgan fingerprint density at radius 3 is 2.53 bits per heavy atom. The fourth-order valence-corrected chi connectivity index (χ4v) is 1.46. The molecule has 0 saturated heterocycles. The molecule has 0 atom stereocenters. The van der Waals surface area contributed by atoms with E-state index in [-0.39, 0.29) is 17.9 Å². The van der Waals surface area contributed by atoms with Crippen LogP contribution in [-0.4, -0.2) is 28.9 Å². The van der Waals surface area contributed by atoms with E-state index in [0.29, 0.717) is 17.6 Å². The van der Waals surface area contributed by atoms with Gasteiger partial charge in [-0.2, -0.15) is 0 Å². The van der Waals surface area contributed by atoms with E-state index in [1.165, 1.54) is 18.2 Å². The highest BCUT2D eigenvalue weighted by atomic mass is 16.7. The molecule has 6 nitrogen and oxygen atoms in total. The van der Waals surface area contributed by atoms with E-state index < -0.39 is 11.9 Å². The highest BCUT2D eigenvalue weighted by Gasteiger charge is 2.18. The Kier molecular flexibility index (Phi) is 2.70. The molecule has 1 aliphatic rings. The number of carbonyl (C=O) groups is 2. The van der Waals surface area contributed by atoms with Crippen LogP contribution in [0.1, 0.15) is 5.56 Å². The van der Waals surface area contributed by atoms with Crippen molar-refractivity contribution in [2.45, 2.75) is 0 Å². The first kappa shape index (κ1) is 11.0. The van der Waals surface area contributed by atoms with Crippen LogP contribution in [0.5, 0.6) is 11.5 Å². The minimum absolute atomic E-state index is 0.0733. The third-order valence-electron chi connectivity index (χ3n) is 2.18. The molecule has 0 unspecified atom stereocenters. The van der Waals surface area contributed by atoms with Crippen LogP contribution < -0.4 is 9.47 Å². The molecule has 88 valence electrons. The van der Waals surface area contributed by atoms with Crippen LogP contribution >= 0.6 is 0 Å². The van der Waals surface area contributed by atoms with E-state index in [9.17, 15) is 9.59 Å². The van der Waals surface area contributed by atoms with Crippen molar-refractivity contribution in [3.8, 4) is 11.5 Å². The van der Waals surface area contributed by atoms with Gasteiger partial charge in [0.1, 0.15) is 0 Å². The Hall–Kier alpha value is -2.50. The lowest BCUT2D eigenvalue weighted by Gasteiger charge is -2.03. The first-order valence-electron chi connectivity index (χ1n) is 4.66. The summed E-state index contributed by atoms with van der Waals surface area (Å²) in [6, 6.07) is 4.44. The summed E-state index contributed by atoms with van der Waals surface area (Å²) in [7, 11) is 0.